The van der Waals surface area contributed by atoms with Crippen LogP contribution >= 0.6 is 0 Å². The summed E-state index contributed by atoms with van der Waals surface area (Å²) in [5.41, 5.74) is 0.881. The first-order valence-electron chi connectivity index (χ1n) is 8.07. The number of nitrogens with zero attached hydrogens (tertiary/aromatic N) is 5. The third-order valence-electron chi connectivity index (χ3n) is 4.77. The molecule has 2 aromatic rings. The van der Waals surface area contributed by atoms with Crippen molar-refractivity contribution in [3.8, 4) is 0 Å². The number of hydrogen-bond donors (Lipinski definition) is 2. The Kier molecular flexibility index (Phi) is 3.46. The number of piperidine rings is 1. The van der Waals surface area contributed by atoms with Gasteiger partial charge >= 0.3 is 0 Å². The molecule has 4 rings (SSSR count). The van der Waals surface area contributed by atoms with Crippen molar-refractivity contribution in [3.63, 3.8) is 0 Å². The molecule has 0 bridgehead atoms. The van der Waals surface area contributed by atoms with Crippen molar-refractivity contribution < 1.29 is 5.11 Å². The molecule has 2 fully saturated rings. The average molecular weight is 302 g/mol. The van der Waals surface area contributed by atoms with Crippen LogP contribution in [0.25, 0.3) is 11.2 Å². The number of hydrogen-bond acceptors (Lipinski definition) is 6. The van der Waals surface area contributed by atoms with E-state index in [9.17, 15) is 5.11 Å². The summed E-state index contributed by atoms with van der Waals surface area (Å²) in [5.74, 6) is 0.849. The largest absolute Gasteiger partial charge is 0.387 e. The van der Waals surface area contributed by atoms with Gasteiger partial charge in [-0.05, 0) is 38.8 Å². The average Bonchev–Trinajstić information content (AvgIpc) is 3.17. The van der Waals surface area contributed by atoms with E-state index in [0.717, 1.165) is 50.4 Å². The number of likely N-dealkylation sites (tertiary alicyclic amines) is 1. The van der Waals surface area contributed by atoms with E-state index in [-0.39, 0.29) is 0 Å². The molecule has 2 aliphatic heterocycles. The molecule has 0 radical (unpaired) electrons. The molecule has 7 heteroatoms. The monoisotopic (exact) mass is 302 g/mol. The molecule has 118 valence electrons. The Bertz CT molecular complexity index is 652. The van der Waals surface area contributed by atoms with Gasteiger partial charge in [0.1, 0.15) is 11.8 Å². The predicted octanol–water partition coefficient (Wildman–Crippen LogP) is 0.780. The highest BCUT2D eigenvalue weighted by Crippen LogP contribution is 2.29. The van der Waals surface area contributed by atoms with Crippen LogP contribution in [0.4, 0.5) is 5.82 Å². The maximum atomic E-state index is 11.0. The topological polar surface area (TPSA) is 81.2 Å². The van der Waals surface area contributed by atoms with Crippen molar-refractivity contribution in [2.45, 2.75) is 31.3 Å². The van der Waals surface area contributed by atoms with Crippen molar-refractivity contribution in [1.82, 2.24) is 24.8 Å². The lowest BCUT2D eigenvalue weighted by molar-refractivity contribution is -0.00232. The van der Waals surface area contributed by atoms with Crippen LogP contribution in [-0.2, 0) is 0 Å². The lowest BCUT2D eigenvalue weighted by Crippen LogP contribution is -2.54. The molecule has 2 N–H and O–H groups in total. The van der Waals surface area contributed by atoms with E-state index in [1.807, 2.05) is 0 Å². The summed E-state index contributed by atoms with van der Waals surface area (Å²) in [6.07, 6.45) is 7.53. The number of anilines is 1. The molecule has 7 nitrogen and oxygen atoms in total. The fraction of sp³-hybridized carbons (Fsp3) is 0.667. The molecule has 4 heterocycles. The SMILES string of the molecule is OC1(CN2CCCC2)CCCN(c2ncnc3nc[nH]c23)C1. The summed E-state index contributed by atoms with van der Waals surface area (Å²) in [4.78, 5) is 20.4. The fourth-order valence-corrected chi connectivity index (χ4v) is 3.77. The second kappa shape index (κ2) is 5.48. The lowest BCUT2D eigenvalue weighted by Gasteiger charge is -2.41. The second-order valence-corrected chi connectivity index (χ2v) is 6.53. The van der Waals surface area contributed by atoms with Crippen LogP contribution in [0.5, 0.6) is 0 Å². The minimum absolute atomic E-state index is 0.620. The number of aliphatic hydroxyl groups is 1. The normalized spacial score (nSPS) is 26.9. The molecule has 2 saturated heterocycles. The van der Waals surface area contributed by atoms with Gasteiger partial charge in [-0.3, -0.25) is 0 Å². The maximum Gasteiger partial charge on any atom is 0.182 e. The van der Waals surface area contributed by atoms with E-state index in [1.165, 1.54) is 12.8 Å². The van der Waals surface area contributed by atoms with Crippen molar-refractivity contribution in [1.29, 1.82) is 0 Å². The first-order chi connectivity index (χ1) is 10.7. The van der Waals surface area contributed by atoms with Crippen LogP contribution in [0.2, 0.25) is 0 Å². The van der Waals surface area contributed by atoms with E-state index in [1.54, 1.807) is 12.7 Å². The summed E-state index contributed by atoms with van der Waals surface area (Å²) in [7, 11) is 0. The molecule has 0 aliphatic carbocycles. The number of nitrogens with one attached hydrogen (secondary N) is 1. The molecule has 1 unspecified atom stereocenters. The summed E-state index contributed by atoms with van der Waals surface area (Å²) in [6.45, 7) is 4.52. The first kappa shape index (κ1) is 13.9. The highest BCUT2D eigenvalue weighted by Gasteiger charge is 2.36. The molecule has 1 atom stereocenters. The standard InChI is InChI=1S/C15H22N6O/c22-15(8-20-5-1-2-6-20)4-3-7-21(9-15)14-12-13(17-10-16-12)18-11-19-14/h10-11,22H,1-9H2,(H,16,17,18,19). The van der Waals surface area contributed by atoms with E-state index in [0.29, 0.717) is 12.2 Å². The van der Waals surface area contributed by atoms with E-state index < -0.39 is 5.60 Å². The zero-order valence-corrected chi connectivity index (χ0v) is 12.7. The Morgan fingerprint density at radius 1 is 1.14 bits per heavy atom. The third kappa shape index (κ3) is 2.55. The maximum absolute atomic E-state index is 11.0. The molecular formula is C15H22N6O. The minimum atomic E-state index is -0.653. The molecule has 0 spiro atoms. The fourth-order valence-electron chi connectivity index (χ4n) is 3.77. The first-order valence-corrected chi connectivity index (χ1v) is 8.07. The number of H-pyrrole nitrogens is 1. The van der Waals surface area contributed by atoms with Crippen molar-refractivity contribution in [3.05, 3.63) is 12.7 Å². The Labute approximate surface area is 129 Å². The van der Waals surface area contributed by atoms with Crippen molar-refractivity contribution in [2.75, 3.05) is 37.6 Å². The Hall–Kier alpha value is -1.73. The van der Waals surface area contributed by atoms with Crippen molar-refractivity contribution in [2.24, 2.45) is 0 Å². The molecule has 0 amide bonds. The van der Waals surface area contributed by atoms with Crippen LogP contribution in [0, 0.1) is 0 Å². The molecule has 2 aliphatic rings. The zero-order valence-electron chi connectivity index (χ0n) is 12.7. The summed E-state index contributed by atoms with van der Waals surface area (Å²) in [6, 6.07) is 0. The Morgan fingerprint density at radius 3 is 2.86 bits per heavy atom. The van der Waals surface area contributed by atoms with Gasteiger partial charge in [0, 0.05) is 19.6 Å². The predicted molar refractivity (Wildman–Crippen MR) is 83.8 cm³/mol. The van der Waals surface area contributed by atoms with Gasteiger partial charge in [-0.25, -0.2) is 15.0 Å². The van der Waals surface area contributed by atoms with E-state index in [2.05, 4.69) is 29.7 Å². The van der Waals surface area contributed by atoms with Gasteiger partial charge in [-0.2, -0.15) is 0 Å². The van der Waals surface area contributed by atoms with Gasteiger partial charge in [0.05, 0.1) is 11.9 Å². The van der Waals surface area contributed by atoms with E-state index in [4.69, 9.17) is 0 Å². The van der Waals surface area contributed by atoms with Crippen LogP contribution < -0.4 is 4.90 Å². The van der Waals surface area contributed by atoms with Crippen LogP contribution in [0.15, 0.2) is 12.7 Å². The van der Waals surface area contributed by atoms with Gasteiger partial charge in [0.25, 0.3) is 0 Å². The third-order valence-corrected chi connectivity index (χ3v) is 4.77. The van der Waals surface area contributed by atoms with Crippen LogP contribution in [0.3, 0.4) is 0 Å². The molecule has 0 saturated carbocycles. The Morgan fingerprint density at radius 2 is 2.00 bits per heavy atom. The lowest BCUT2D eigenvalue weighted by atomic mass is 9.92. The van der Waals surface area contributed by atoms with Gasteiger partial charge in [0.2, 0.25) is 0 Å². The Balaban J connectivity index is 1.56. The highest BCUT2D eigenvalue weighted by atomic mass is 16.3. The van der Waals surface area contributed by atoms with Crippen molar-refractivity contribution >= 4 is 17.0 Å². The molecule has 22 heavy (non-hydrogen) atoms. The smallest absolute Gasteiger partial charge is 0.182 e. The minimum Gasteiger partial charge on any atom is -0.387 e. The van der Waals surface area contributed by atoms with Gasteiger partial charge in [0.15, 0.2) is 11.5 Å². The van der Waals surface area contributed by atoms with Gasteiger partial charge in [-0.1, -0.05) is 0 Å². The summed E-state index contributed by atoms with van der Waals surface area (Å²) < 4.78 is 0. The van der Waals surface area contributed by atoms with Gasteiger partial charge < -0.3 is 19.9 Å². The van der Waals surface area contributed by atoms with E-state index >= 15 is 0 Å². The number of aromatic amines is 1. The van der Waals surface area contributed by atoms with Crippen LogP contribution in [-0.4, -0.2) is 68.3 Å². The molecule has 2 aromatic heterocycles. The summed E-state index contributed by atoms with van der Waals surface area (Å²) >= 11 is 0. The number of fused-ring (bicyclic) bond motifs is 1. The quantitative estimate of drug-likeness (QED) is 0.872. The molecular weight excluding hydrogens is 280 g/mol. The zero-order chi connectivity index (χ0) is 15.0. The highest BCUT2D eigenvalue weighted by molar-refractivity contribution is 5.82. The number of rotatable bonds is 3. The number of β-amino-alcohol motifs (C(OH)–C–C–N with tert-alkyl or cyclic N) is 1. The number of imidazole rings is 1. The second-order valence-electron chi connectivity index (χ2n) is 6.53. The number of aromatic nitrogens is 4. The molecule has 0 aromatic carbocycles. The van der Waals surface area contributed by atoms with Gasteiger partial charge in [-0.15, -0.1) is 0 Å². The van der Waals surface area contributed by atoms with Crippen LogP contribution in [0.1, 0.15) is 25.7 Å². The summed E-state index contributed by atoms with van der Waals surface area (Å²) in [5, 5.41) is 11.0.